The summed E-state index contributed by atoms with van der Waals surface area (Å²) in [6, 6.07) is 14.2. The van der Waals surface area contributed by atoms with Crippen molar-refractivity contribution in [3.05, 3.63) is 69.8 Å². The molecule has 124 valence electrons. The van der Waals surface area contributed by atoms with Crippen LogP contribution >= 0.6 is 0 Å². The molecule has 0 unspecified atom stereocenters. The van der Waals surface area contributed by atoms with Crippen LogP contribution in [0.2, 0.25) is 0 Å². The molecule has 0 aromatic heterocycles. The molecule has 0 aliphatic carbocycles. The Morgan fingerprint density at radius 1 is 1.04 bits per heavy atom. The standard InChI is InChI=1S/C18H19N3O3/c1-14-13-16(21(23)24)7-8-17(14)19-9-11-20(12-10-19)18(22)15-5-3-2-4-6-15/h2-8,13H,9-12H2,1H3. The Labute approximate surface area is 140 Å². The third kappa shape index (κ3) is 3.22. The van der Waals surface area contributed by atoms with Crippen molar-refractivity contribution in [2.45, 2.75) is 6.92 Å². The Bertz CT molecular complexity index is 753. The second-order valence-electron chi connectivity index (χ2n) is 5.87. The number of benzene rings is 2. The predicted molar refractivity (Wildman–Crippen MR) is 92.4 cm³/mol. The van der Waals surface area contributed by atoms with Crippen molar-refractivity contribution in [2.24, 2.45) is 0 Å². The fourth-order valence-corrected chi connectivity index (χ4v) is 3.02. The highest BCUT2D eigenvalue weighted by atomic mass is 16.6. The Hall–Kier alpha value is -2.89. The number of non-ortho nitro benzene ring substituents is 1. The molecule has 1 heterocycles. The summed E-state index contributed by atoms with van der Waals surface area (Å²) in [5, 5.41) is 10.8. The van der Waals surface area contributed by atoms with Gasteiger partial charge in [0, 0.05) is 49.6 Å². The van der Waals surface area contributed by atoms with Gasteiger partial charge in [0.25, 0.3) is 11.6 Å². The van der Waals surface area contributed by atoms with E-state index in [2.05, 4.69) is 4.90 Å². The molecule has 3 rings (SSSR count). The van der Waals surface area contributed by atoms with E-state index in [1.165, 1.54) is 6.07 Å². The molecular weight excluding hydrogens is 306 g/mol. The molecule has 6 nitrogen and oxygen atoms in total. The number of anilines is 1. The van der Waals surface area contributed by atoms with Crippen molar-refractivity contribution in [3.63, 3.8) is 0 Å². The molecule has 2 aromatic carbocycles. The third-order valence-electron chi connectivity index (χ3n) is 4.32. The van der Waals surface area contributed by atoms with Crippen molar-refractivity contribution in [1.82, 2.24) is 4.90 Å². The number of hydrogen-bond acceptors (Lipinski definition) is 4. The molecule has 1 amide bonds. The lowest BCUT2D eigenvalue weighted by Gasteiger charge is -2.36. The van der Waals surface area contributed by atoms with Crippen molar-refractivity contribution >= 4 is 17.3 Å². The van der Waals surface area contributed by atoms with E-state index in [9.17, 15) is 14.9 Å². The molecule has 1 saturated heterocycles. The lowest BCUT2D eigenvalue weighted by Crippen LogP contribution is -2.49. The molecule has 1 aliphatic rings. The summed E-state index contributed by atoms with van der Waals surface area (Å²) in [5.41, 5.74) is 2.69. The molecule has 0 atom stereocenters. The summed E-state index contributed by atoms with van der Waals surface area (Å²) in [6.45, 7) is 4.60. The van der Waals surface area contributed by atoms with E-state index in [0.717, 1.165) is 24.3 Å². The van der Waals surface area contributed by atoms with Crippen molar-refractivity contribution in [3.8, 4) is 0 Å². The summed E-state index contributed by atoms with van der Waals surface area (Å²) < 4.78 is 0. The average molecular weight is 325 g/mol. The van der Waals surface area contributed by atoms with Crippen LogP contribution in [0.4, 0.5) is 11.4 Å². The molecule has 1 aliphatic heterocycles. The maximum Gasteiger partial charge on any atom is 0.269 e. The fraction of sp³-hybridized carbons (Fsp3) is 0.278. The second kappa shape index (κ2) is 6.70. The first kappa shape index (κ1) is 16.0. The Morgan fingerprint density at radius 2 is 1.71 bits per heavy atom. The minimum Gasteiger partial charge on any atom is -0.368 e. The zero-order valence-electron chi connectivity index (χ0n) is 13.5. The smallest absolute Gasteiger partial charge is 0.269 e. The van der Waals surface area contributed by atoms with Gasteiger partial charge >= 0.3 is 0 Å². The second-order valence-corrected chi connectivity index (χ2v) is 5.87. The number of carbonyl (C=O) groups excluding carboxylic acids is 1. The molecule has 0 spiro atoms. The highest BCUT2D eigenvalue weighted by Gasteiger charge is 2.23. The Morgan fingerprint density at radius 3 is 2.29 bits per heavy atom. The van der Waals surface area contributed by atoms with Crippen LogP contribution < -0.4 is 4.90 Å². The maximum absolute atomic E-state index is 12.5. The first-order chi connectivity index (χ1) is 11.6. The van der Waals surface area contributed by atoms with E-state index in [1.54, 1.807) is 12.1 Å². The van der Waals surface area contributed by atoms with Gasteiger partial charge in [-0.15, -0.1) is 0 Å². The number of aryl methyl sites for hydroxylation is 1. The quantitative estimate of drug-likeness (QED) is 0.643. The summed E-state index contributed by atoms with van der Waals surface area (Å²) in [4.78, 5) is 26.9. The molecule has 24 heavy (non-hydrogen) atoms. The molecular formula is C18H19N3O3. The summed E-state index contributed by atoms with van der Waals surface area (Å²) in [6.07, 6.45) is 0. The number of amides is 1. The first-order valence-corrected chi connectivity index (χ1v) is 7.90. The minimum absolute atomic E-state index is 0.0515. The van der Waals surface area contributed by atoms with E-state index in [0.29, 0.717) is 18.7 Å². The highest BCUT2D eigenvalue weighted by Crippen LogP contribution is 2.26. The van der Waals surface area contributed by atoms with Gasteiger partial charge < -0.3 is 9.80 Å². The van der Waals surface area contributed by atoms with Crippen molar-refractivity contribution in [1.29, 1.82) is 0 Å². The number of rotatable bonds is 3. The van der Waals surface area contributed by atoms with E-state index in [4.69, 9.17) is 0 Å². The summed E-state index contributed by atoms with van der Waals surface area (Å²) in [7, 11) is 0. The van der Waals surface area contributed by atoms with E-state index >= 15 is 0 Å². The fourth-order valence-electron chi connectivity index (χ4n) is 3.02. The highest BCUT2D eigenvalue weighted by molar-refractivity contribution is 5.94. The lowest BCUT2D eigenvalue weighted by atomic mass is 10.1. The SMILES string of the molecule is Cc1cc([N+](=O)[O-])ccc1N1CCN(C(=O)c2ccccc2)CC1. The van der Waals surface area contributed by atoms with Gasteiger partial charge in [0.2, 0.25) is 0 Å². The number of nitro groups is 1. The van der Waals surface area contributed by atoms with Crippen LogP contribution in [-0.4, -0.2) is 41.9 Å². The van der Waals surface area contributed by atoms with Gasteiger partial charge in [0.15, 0.2) is 0 Å². The van der Waals surface area contributed by atoms with Crippen molar-refractivity contribution in [2.75, 3.05) is 31.1 Å². The predicted octanol–water partition coefficient (Wildman–Crippen LogP) is 2.87. The summed E-state index contributed by atoms with van der Waals surface area (Å²) >= 11 is 0. The van der Waals surface area contributed by atoms with Crippen LogP contribution in [0.5, 0.6) is 0 Å². The third-order valence-corrected chi connectivity index (χ3v) is 4.32. The van der Waals surface area contributed by atoms with Gasteiger partial charge in [-0.2, -0.15) is 0 Å². The zero-order chi connectivity index (χ0) is 17.1. The number of hydrogen-bond donors (Lipinski definition) is 0. The molecule has 1 fully saturated rings. The Kier molecular flexibility index (Phi) is 4.46. The minimum atomic E-state index is -0.382. The summed E-state index contributed by atoms with van der Waals surface area (Å²) in [5.74, 6) is 0.0515. The van der Waals surface area contributed by atoms with Crippen LogP contribution in [0, 0.1) is 17.0 Å². The molecule has 0 bridgehead atoms. The van der Waals surface area contributed by atoms with Gasteiger partial charge in [0.1, 0.15) is 0 Å². The van der Waals surface area contributed by atoms with E-state index in [-0.39, 0.29) is 16.5 Å². The number of nitro benzene ring substituents is 1. The number of carbonyl (C=O) groups is 1. The lowest BCUT2D eigenvalue weighted by molar-refractivity contribution is -0.384. The van der Waals surface area contributed by atoms with Crippen LogP contribution in [0.3, 0.4) is 0 Å². The van der Waals surface area contributed by atoms with Gasteiger partial charge in [-0.25, -0.2) is 0 Å². The monoisotopic (exact) mass is 325 g/mol. The molecule has 6 heteroatoms. The largest absolute Gasteiger partial charge is 0.368 e. The van der Waals surface area contributed by atoms with Crippen LogP contribution in [-0.2, 0) is 0 Å². The van der Waals surface area contributed by atoms with Crippen molar-refractivity contribution < 1.29 is 9.72 Å². The topological polar surface area (TPSA) is 66.7 Å². The molecule has 0 saturated carbocycles. The van der Waals surface area contributed by atoms with Crippen LogP contribution in [0.25, 0.3) is 0 Å². The van der Waals surface area contributed by atoms with Gasteiger partial charge in [-0.05, 0) is 30.7 Å². The average Bonchev–Trinajstić information content (AvgIpc) is 2.62. The maximum atomic E-state index is 12.5. The van der Waals surface area contributed by atoms with E-state index in [1.807, 2.05) is 42.2 Å². The number of nitrogens with zero attached hydrogens (tertiary/aromatic N) is 3. The van der Waals surface area contributed by atoms with Crippen LogP contribution in [0.1, 0.15) is 15.9 Å². The van der Waals surface area contributed by atoms with Gasteiger partial charge in [-0.1, -0.05) is 18.2 Å². The van der Waals surface area contributed by atoms with Gasteiger partial charge in [0.05, 0.1) is 4.92 Å². The Balaban J connectivity index is 1.67. The van der Waals surface area contributed by atoms with Crippen LogP contribution in [0.15, 0.2) is 48.5 Å². The molecule has 0 radical (unpaired) electrons. The molecule has 2 aromatic rings. The van der Waals surface area contributed by atoms with E-state index < -0.39 is 0 Å². The molecule has 0 N–H and O–H groups in total. The van der Waals surface area contributed by atoms with Gasteiger partial charge in [-0.3, -0.25) is 14.9 Å². The normalized spacial score (nSPS) is 14.5. The number of piperazine rings is 1. The first-order valence-electron chi connectivity index (χ1n) is 7.90. The zero-order valence-corrected chi connectivity index (χ0v) is 13.5.